The Morgan fingerprint density at radius 3 is 2.95 bits per heavy atom. The van der Waals surface area contributed by atoms with Crippen LogP contribution in [0.3, 0.4) is 0 Å². The molecule has 2 aromatic rings. The van der Waals surface area contributed by atoms with Crippen LogP contribution in [0.15, 0.2) is 36.1 Å². The molecule has 0 spiro atoms. The van der Waals surface area contributed by atoms with E-state index in [0.29, 0.717) is 11.6 Å². The Kier molecular flexibility index (Phi) is 3.55. The highest BCUT2D eigenvalue weighted by Crippen LogP contribution is 2.28. The standard InChI is InChI=1S/C14H15N3OS/c18-14(11-2-1-6-15-10-11)17(12-3-4-12)8-5-13-16-7-9-19-13/h1-2,6-7,9-10,12H,3-5,8H2. The van der Waals surface area contributed by atoms with Crippen molar-refractivity contribution in [3.8, 4) is 0 Å². The van der Waals surface area contributed by atoms with Crippen LogP contribution in [0.25, 0.3) is 0 Å². The van der Waals surface area contributed by atoms with Crippen molar-refractivity contribution >= 4 is 17.2 Å². The van der Waals surface area contributed by atoms with Gasteiger partial charge >= 0.3 is 0 Å². The summed E-state index contributed by atoms with van der Waals surface area (Å²) in [5.74, 6) is 0.0900. The van der Waals surface area contributed by atoms with Gasteiger partial charge in [-0.3, -0.25) is 9.78 Å². The molecular weight excluding hydrogens is 258 g/mol. The Balaban J connectivity index is 1.69. The van der Waals surface area contributed by atoms with E-state index in [0.717, 1.165) is 30.8 Å². The molecule has 0 N–H and O–H groups in total. The number of hydrogen-bond donors (Lipinski definition) is 0. The number of nitrogens with zero attached hydrogens (tertiary/aromatic N) is 3. The first-order valence-electron chi connectivity index (χ1n) is 6.44. The quantitative estimate of drug-likeness (QED) is 0.840. The van der Waals surface area contributed by atoms with Gasteiger partial charge in [-0.25, -0.2) is 4.98 Å². The number of rotatable bonds is 5. The second kappa shape index (κ2) is 5.48. The molecule has 19 heavy (non-hydrogen) atoms. The normalized spacial score (nSPS) is 14.3. The van der Waals surface area contributed by atoms with E-state index in [2.05, 4.69) is 9.97 Å². The lowest BCUT2D eigenvalue weighted by Crippen LogP contribution is -2.35. The van der Waals surface area contributed by atoms with E-state index in [1.54, 1.807) is 29.8 Å². The van der Waals surface area contributed by atoms with E-state index in [1.165, 1.54) is 0 Å². The summed E-state index contributed by atoms with van der Waals surface area (Å²) in [6.07, 6.45) is 8.20. The SMILES string of the molecule is O=C(c1cccnc1)N(CCc1nccs1)C1CC1. The van der Waals surface area contributed by atoms with Gasteiger partial charge in [-0.15, -0.1) is 11.3 Å². The molecule has 2 heterocycles. The largest absolute Gasteiger partial charge is 0.335 e. The topological polar surface area (TPSA) is 46.1 Å². The van der Waals surface area contributed by atoms with Gasteiger partial charge in [0.05, 0.1) is 10.6 Å². The predicted molar refractivity (Wildman–Crippen MR) is 74.1 cm³/mol. The number of carbonyl (C=O) groups excluding carboxylic acids is 1. The average Bonchev–Trinajstić information content (AvgIpc) is 3.15. The molecule has 3 rings (SSSR count). The zero-order valence-electron chi connectivity index (χ0n) is 10.5. The number of carbonyl (C=O) groups is 1. The smallest absolute Gasteiger partial charge is 0.255 e. The first-order chi connectivity index (χ1) is 9.34. The fourth-order valence-electron chi connectivity index (χ4n) is 2.08. The van der Waals surface area contributed by atoms with E-state index in [1.807, 2.05) is 22.5 Å². The Bertz CT molecular complexity index is 537. The van der Waals surface area contributed by atoms with Crippen molar-refractivity contribution in [2.45, 2.75) is 25.3 Å². The van der Waals surface area contributed by atoms with Crippen LogP contribution in [0.4, 0.5) is 0 Å². The minimum absolute atomic E-state index is 0.0900. The number of pyridine rings is 1. The molecule has 0 radical (unpaired) electrons. The maximum absolute atomic E-state index is 12.5. The van der Waals surface area contributed by atoms with Crippen molar-refractivity contribution < 1.29 is 4.79 Å². The molecule has 1 saturated carbocycles. The van der Waals surface area contributed by atoms with E-state index in [-0.39, 0.29) is 5.91 Å². The summed E-state index contributed by atoms with van der Waals surface area (Å²) in [5, 5.41) is 3.06. The fraction of sp³-hybridized carbons (Fsp3) is 0.357. The summed E-state index contributed by atoms with van der Waals surface area (Å²) in [6, 6.07) is 4.04. The van der Waals surface area contributed by atoms with Crippen LogP contribution in [0.1, 0.15) is 28.2 Å². The van der Waals surface area contributed by atoms with Crippen LogP contribution in [-0.4, -0.2) is 33.4 Å². The first kappa shape index (κ1) is 12.3. The molecule has 1 amide bonds. The Hall–Kier alpha value is -1.75. The lowest BCUT2D eigenvalue weighted by atomic mass is 10.2. The fourth-order valence-corrected chi connectivity index (χ4v) is 2.69. The van der Waals surface area contributed by atoms with E-state index in [9.17, 15) is 4.79 Å². The minimum Gasteiger partial charge on any atom is -0.335 e. The molecule has 0 aromatic carbocycles. The molecule has 1 aliphatic carbocycles. The van der Waals surface area contributed by atoms with Gasteiger partial charge in [0, 0.05) is 43.0 Å². The molecule has 0 atom stereocenters. The van der Waals surface area contributed by atoms with Crippen LogP contribution in [0.2, 0.25) is 0 Å². The third kappa shape index (κ3) is 2.98. The zero-order chi connectivity index (χ0) is 13.1. The average molecular weight is 273 g/mol. The van der Waals surface area contributed by atoms with Gasteiger partial charge in [0.1, 0.15) is 0 Å². The highest BCUT2D eigenvalue weighted by molar-refractivity contribution is 7.09. The monoisotopic (exact) mass is 273 g/mol. The number of thiazole rings is 1. The third-order valence-electron chi connectivity index (χ3n) is 3.21. The van der Waals surface area contributed by atoms with Crippen molar-refractivity contribution in [1.82, 2.24) is 14.9 Å². The summed E-state index contributed by atoms with van der Waals surface area (Å²) in [6.45, 7) is 0.742. The lowest BCUT2D eigenvalue weighted by molar-refractivity contribution is 0.0744. The second-order valence-corrected chi connectivity index (χ2v) is 5.63. The maximum Gasteiger partial charge on any atom is 0.255 e. The first-order valence-corrected chi connectivity index (χ1v) is 7.32. The third-order valence-corrected chi connectivity index (χ3v) is 4.05. The van der Waals surface area contributed by atoms with Gasteiger partial charge < -0.3 is 4.90 Å². The number of amides is 1. The maximum atomic E-state index is 12.5. The molecule has 0 bridgehead atoms. The molecule has 5 heteroatoms. The van der Waals surface area contributed by atoms with Crippen LogP contribution >= 0.6 is 11.3 Å². The van der Waals surface area contributed by atoms with Crippen molar-refractivity contribution in [3.05, 3.63) is 46.7 Å². The van der Waals surface area contributed by atoms with Crippen molar-refractivity contribution in [2.75, 3.05) is 6.54 Å². The Labute approximate surface area is 116 Å². The molecule has 0 aliphatic heterocycles. The van der Waals surface area contributed by atoms with Gasteiger partial charge in [0.15, 0.2) is 0 Å². The van der Waals surface area contributed by atoms with Gasteiger partial charge in [0.25, 0.3) is 5.91 Å². The molecule has 4 nitrogen and oxygen atoms in total. The predicted octanol–water partition coefficient (Wildman–Crippen LogP) is 2.39. The number of hydrogen-bond acceptors (Lipinski definition) is 4. The van der Waals surface area contributed by atoms with Crippen LogP contribution < -0.4 is 0 Å². The number of aromatic nitrogens is 2. The summed E-state index contributed by atoms with van der Waals surface area (Å²) in [7, 11) is 0. The van der Waals surface area contributed by atoms with E-state index < -0.39 is 0 Å². The van der Waals surface area contributed by atoms with Gasteiger partial charge in [-0.1, -0.05) is 0 Å². The zero-order valence-corrected chi connectivity index (χ0v) is 11.3. The van der Waals surface area contributed by atoms with Crippen molar-refractivity contribution in [3.63, 3.8) is 0 Å². The summed E-state index contributed by atoms with van der Waals surface area (Å²) in [5.41, 5.74) is 0.675. The molecular formula is C14H15N3OS. The highest BCUT2D eigenvalue weighted by Gasteiger charge is 2.32. The summed E-state index contributed by atoms with van der Waals surface area (Å²) < 4.78 is 0. The van der Waals surface area contributed by atoms with Crippen LogP contribution in [-0.2, 0) is 6.42 Å². The highest BCUT2D eigenvalue weighted by atomic mass is 32.1. The van der Waals surface area contributed by atoms with E-state index >= 15 is 0 Å². The second-order valence-electron chi connectivity index (χ2n) is 4.65. The Morgan fingerprint density at radius 2 is 2.32 bits per heavy atom. The molecule has 1 aliphatic rings. The molecule has 1 fully saturated rings. The molecule has 0 unspecified atom stereocenters. The van der Waals surface area contributed by atoms with Crippen molar-refractivity contribution in [1.29, 1.82) is 0 Å². The van der Waals surface area contributed by atoms with Crippen LogP contribution in [0.5, 0.6) is 0 Å². The lowest BCUT2D eigenvalue weighted by Gasteiger charge is -2.21. The van der Waals surface area contributed by atoms with E-state index in [4.69, 9.17) is 0 Å². The molecule has 2 aromatic heterocycles. The summed E-state index contributed by atoms with van der Waals surface area (Å²) in [4.78, 5) is 22.7. The van der Waals surface area contributed by atoms with Gasteiger partial charge in [0.2, 0.25) is 0 Å². The van der Waals surface area contributed by atoms with Crippen LogP contribution in [0, 0.1) is 0 Å². The molecule has 98 valence electrons. The molecule has 0 saturated heterocycles. The van der Waals surface area contributed by atoms with Gasteiger partial charge in [-0.05, 0) is 25.0 Å². The van der Waals surface area contributed by atoms with Crippen molar-refractivity contribution in [2.24, 2.45) is 0 Å². The minimum atomic E-state index is 0.0900. The van der Waals surface area contributed by atoms with Gasteiger partial charge in [-0.2, -0.15) is 0 Å². The summed E-state index contributed by atoms with van der Waals surface area (Å²) >= 11 is 1.64. The Morgan fingerprint density at radius 1 is 1.42 bits per heavy atom.